The van der Waals surface area contributed by atoms with Crippen molar-refractivity contribution in [2.24, 2.45) is 11.7 Å². The maximum Gasteiger partial charge on any atom is 0.317 e. The zero-order chi connectivity index (χ0) is 11.4. The first-order valence-electron chi connectivity index (χ1n) is 6.14. The summed E-state index contributed by atoms with van der Waals surface area (Å²) in [5, 5.41) is 3.10. The molecule has 0 radical (unpaired) electrons. The third kappa shape index (κ3) is 2.65. The minimum absolute atomic E-state index is 0.0497. The minimum Gasteiger partial charge on any atom is -0.378 e. The van der Waals surface area contributed by atoms with Crippen LogP contribution in [0.25, 0.3) is 0 Å². The van der Waals surface area contributed by atoms with Gasteiger partial charge >= 0.3 is 6.03 Å². The lowest BCUT2D eigenvalue weighted by atomic mass is 10.0. The predicted molar refractivity (Wildman–Crippen MR) is 61.1 cm³/mol. The Balaban J connectivity index is 1.81. The molecule has 0 bridgehead atoms. The van der Waals surface area contributed by atoms with Crippen LogP contribution in [0.3, 0.4) is 0 Å². The highest BCUT2D eigenvalue weighted by atomic mass is 16.5. The molecule has 5 nitrogen and oxygen atoms in total. The van der Waals surface area contributed by atoms with Gasteiger partial charge in [0.15, 0.2) is 0 Å². The van der Waals surface area contributed by atoms with Crippen LogP contribution in [0.15, 0.2) is 0 Å². The van der Waals surface area contributed by atoms with Gasteiger partial charge in [0.2, 0.25) is 0 Å². The molecule has 2 rings (SSSR count). The number of urea groups is 1. The van der Waals surface area contributed by atoms with Crippen LogP contribution in [0, 0.1) is 5.92 Å². The van der Waals surface area contributed by atoms with E-state index in [-0.39, 0.29) is 12.1 Å². The lowest BCUT2D eigenvalue weighted by molar-refractivity contribution is 0.0522. The van der Waals surface area contributed by atoms with Crippen molar-refractivity contribution in [3.63, 3.8) is 0 Å². The number of carbonyl (C=O) groups is 1. The standard InChI is InChI=1S/C11H21N3O2/c12-8-9-2-1-3-10(9)13-11(15)14-4-6-16-7-5-14/h9-10H,1-8,12H2,(H,13,15). The molecule has 92 valence electrons. The van der Waals surface area contributed by atoms with Crippen LogP contribution in [0.5, 0.6) is 0 Å². The lowest BCUT2D eigenvalue weighted by Gasteiger charge is -2.29. The van der Waals surface area contributed by atoms with Gasteiger partial charge in [-0.25, -0.2) is 4.79 Å². The maximum absolute atomic E-state index is 11.9. The summed E-state index contributed by atoms with van der Waals surface area (Å²) in [5.74, 6) is 0.463. The number of carbonyl (C=O) groups excluding carboxylic acids is 1. The second kappa shape index (κ2) is 5.50. The van der Waals surface area contributed by atoms with E-state index < -0.39 is 0 Å². The molecule has 16 heavy (non-hydrogen) atoms. The Kier molecular flexibility index (Phi) is 4.01. The van der Waals surface area contributed by atoms with Gasteiger partial charge in [-0.05, 0) is 25.3 Å². The number of hydrogen-bond acceptors (Lipinski definition) is 3. The molecular weight excluding hydrogens is 206 g/mol. The van der Waals surface area contributed by atoms with Gasteiger partial charge in [-0.15, -0.1) is 0 Å². The molecule has 5 heteroatoms. The van der Waals surface area contributed by atoms with Crippen molar-refractivity contribution < 1.29 is 9.53 Å². The number of amides is 2. The zero-order valence-electron chi connectivity index (χ0n) is 9.65. The van der Waals surface area contributed by atoms with Crippen molar-refractivity contribution in [2.75, 3.05) is 32.8 Å². The van der Waals surface area contributed by atoms with Crippen molar-refractivity contribution in [3.05, 3.63) is 0 Å². The number of ether oxygens (including phenoxy) is 1. The minimum atomic E-state index is 0.0497. The number of rotatable bonds is 2. The van der Waals surface area contributed by atoms with Gasteiger partial charge in [-0.2, -0.15) is 0 Å². The van der Waals surface area contributed by atoms with Crippen LogP contribution in [-0.2, 0) is 4.74 Å². The molecular formula is C11H21N3O2. The molecule has 0 aromatic carbocycles. The van der Waals surface area contributed by atoms with Crippen LogP contribution in [0.1, 0.15) is 19.3 Å². The second-order valence-electron chi connectivity index (χ2n) is 4.58. The summed E-state index contributed by atoms with van der Waals surface area (Å²) in [6.45, 7) is 3.38. The van der Waals surface area contributed by atoms with Crippen molar-refractivity contribution in [2.45, 2.75) is 25.3 Å². The Morgan fingerprint density at radius 3 is 2.81 bits per heavy atom. The van der Waals surface area contributed by atoms with Crippen molar-refractivity contribution in [3.8, 4) is 0 Å². The predicted octanol–water partition coefficient (Wildman–Crippen LogP) is 0.156. The summed E-state index contributed by atoms with van der Waals surface area (Å²) in [4.78, 5) is 13.8. The summed E-state index contributed by atoms with van der Waals surface area (Å²) in [5.41, 5.74) is 5.69. The molecule has 1 heterocycles. The third-order valence-electron chi connectivity index (χ3n) is 3.57. The molecule has 2 amide bonds. The summed E-state index contributed by atoms with van der Waals surface area (Å²) in [6, 6.07) is 0.328. The summed E-state index contributed by atoms with van der Waals surface area (Å²) < 4.78 is 5.22. The quantitative estimate of drug-likeness (QED) is 0.706. The van der Waals surface area contributed by atoms with E-state index in [1.165, 1.54) is 6.42 Å². The molecule has 2 unspecified atom stereocenters. The van der Waals surface area contributed by atoms with Gasteiger partial charge in [0, 0.05) is 19.1 Å². The first-order valence-corrected chi connectivity index (χ1v) is 6.14. The third-order valence-corrected chi connectivity index (χ3v) is 3.57. The molecule has 0 spiro atoms. The number of morpholine rings is 1. The highest BCUT2D eigenvalue weighted by Crippen LogP contribution is 2.24. The van der Waals surface area contributed by atoms with E-state index in [0.717, 1.165) is 12.8 Å². The Hall–Kier alpha value is -0.810. The fourth-order valence-electron chi connectivity index (χ4n) is 2.53. The number of nitrogens with one attached hydrogen (secondary N) is 1. The topological polar surface area (TPSA) is 67.6 Å². The molecule has 1 saturated heterocycles. The van der Waals surface area contributed by atoms with Crippen LogP contribution < -0.4 is 11.1 Å². The number of nitrogens with zero attached hydrogens (tertiary/aromatic N) is 1. The lowest BCUT2D eigenvalue weighted by Crippen LogP contribution is -2.50. The summed E-state index contributed by atoms with van der Waals surface area (Å²) in [7, 11) is 0. The molecule has 1 saturated carbocycles. The van der Waals surface area contributed by atoms with E-state index in [0.29, 0.717) is 38.8 Å². The van der Waals surface area contributed by atoms with Crippen molar-refractivity contribution in [1.82, 2.24) is 10.2 Å². The summed E-state index contributed by atoms with van der Waals surface area (Å²) in [6.07, 6.45) is 3.39. The van der Waals surface area contributed by atoms with Gasteiger partial charge in [-0.3, -0.25) is 0 Å². The van der Waals surface area contributed by atoms with Crippen LogP contribution in [-0.4, -0.2) is 49.8 Å². The highest BCUT2D eigenvalue weighted by Gasteiger charge is 2.29. The van der Waals surface area contributed by atoms with Gasteiger partial charge in [0.05, 0.1) is 13.2 Å². The van der Waals surface area contributed by atoms with Gasteiger partial charge in [-0.1, -0.05) is 6.42 Å². The maximum atomic E-state index is 11.9. The van der Waals surface area contributed by atoms with Crippen molar-refractivity contribution >= 4 is 6.03 Å². The van der Waals surface area contributed by atoms with E-state index in [9.17, 15) is 4.79 Å². The van der Waals surface area contributed by atoms with Crippen molar-refractivity contribution in [1.29, 1.82) is 0 Å². The molecule has 0 aromatic rings. The Labute approximate surface area is 96.3 Å². The van der Waals surface area contributed by atoms with E-state index >= 15 is 0 Å². The first-order chi connectivity index (χ1) is 7.81. The number of nitrogens with two attached hydrogens (primary N) is 1. The second-order valence-corrected chi connectivity index (χ2v) is 4.58. The fraction of sp³-hybridized carbons (Fsp3) is 0.909. The van der Waals surface area contributed by atoms with Gasteiger partial charge < -0.3 is 20.7 Å². The average molecular weight is 227 g/mol. The molecule has 3 N–H and O–H groups in total. The molecule has 2 atom stereocenters. The normalized spacial score (nSPS) is 30.4. The van der Waals surface area contributed by atoms with E-state index in [1.807, 2.05) is 4.90 Å². The molecule has 2 aliphatic rings. The Morgan fingerprint density at radius 2 is 2.12 bits per heavy atom. The van der Waals surface area contributed by atoms with Crippen LogP contribution in [0.2, 0.25) is 0 Å². The van der Waals surface area contributed by atoms with E-state index in [4.69, 9.17) is 10.5 Å². The average Bonchev–Trinajstić information content (AvgIpc) is 2.77. The Morgan fingerprint density at radius 1 is 1.38 bits per heavy atom. The van der Waals surface area contributed by atoms with Crippen LogP contribution in [0.4, 0.5) is 4.79 Å². The largest absolute Gasteiger partial charge is 0.378 e. The molecule has 1 aliphatic heterocycles. The first kappa shape index (κ1) is 11.7. The van der Waals surface area contributed by atoms with Gasteiger partial charge in [0.1, 0.15) is 0 Å². The smallest absolute Gasteiger partial charge is 0.317 e. The van der Waals surface area contributed by atoms with Gasteiger partial charge in [0.25, 0.3) is 0 Å². The van der Waals surface area contributed by atoms with E-state index in [1.54, 1.807) is 0 Å². The zero-order valence-corrected chi connectivity index (χ0v) is 9.65. The molecule has 1 aliphatic carbocycles. The molecule has 2 fully saturated rings. The number of hydrogen-bond donors (Lipinski definition) is 2. The van der Waals surface area contributed by atoms with E-state index in [2.05, 4.69) is 5.32 Å². The Bertz CT molecular complexity index is 241. The van der Waals surface area contributed by atoms with Crippen LogP contribution >= 0.6 is 0 Å². The fourth-order valence-corrected chi connectivity index (χ4v) is 2.53. The molecule has 0 aromatic heterocycles. The SMILES string of the molecule is NCC1CCCC1NC(=O)N1CCOCC1. The monoisotopic (exact) mass is 227 g/mol. The summed E-state index contributed by atoms with van der Waals surface area (Å²) >= 11 is 0. The highest BCUT2D eigenvalue weighted by molar-refractivity contribution is 5.74.